The molecule has 5 rings (SSSR count). The number of fused-ring (bicyclic) bond motifs is 3. The summed E-state index contributed by atoms with van der Waals surface area (Å²) in [6.07, 6.45) is 11.5. The summed E-state index contributed by atoms with van der Waals surface area (Å²) in [6, 6.07) is 7.65. The van der Waals surface area contributed by atoms with E-state index in [0.717, 1.165) is 28.5 Å². The fourth-order valence-electron chi connectivity index (χ4n) is 4.82. The fourth-order valence-corrected chi connectivity index (χ4v) is 4.82. The number of allylic oxidation sites excluding steroid dienone is 5. The summed E-state index contributed by atoms with van der Waals surface area (Å²) in [5.41, 5.74) is 8.28. The van der Waals surface area contributed by atoms with Gasteiger partial charge in [-0.1, -0.05) is 36.4 Å². The number of amides is 2. The highest BCUT2D eigenvalue weighted by atomic mass is 16.5. The molecule has 0 saturated carbocycles. The molecule has 0 bridgehead atoms. The third kappa shape index (κ3) is 4.84. The lowest BCUT2D eigenvalue weighted by Gasteiger charge is -2.38. The maximum atomic E-state index is 12.8. The van der Waals surface area contributed by atoms with E-state index in [-0.39, 0.29) is 6.03 Å². The zero-order valence-electron chi connectivity index (χ0n) is 20.5. The van der Waals surface area contributed by atoms with Crippen LogP contribution in [0.3, 0.4) is 0 Å². The normalized spacial score (nSPS) is 17.4. The molecule has 1 aromatic carbocycles. The van der Waals surface area contributed by atoms with Crippen LogP contribution >= 0.6 is 0 Å². The summed E-state index contributed by atoms with van der Waals surface area (Å²) < 4.78 is 7.71. The highest BCUT2D eigenvalue weighted by molar-refractivity contribution is 6.06. The van der Waals surface area contributed by atoms with Crippen molar-refractivity contribution in [2.24, 2.45) is 0 Å². The Hall–Kier alpha value is -3.69. The van der Waals surface area contributed by atoms with Gasteiger partial charge < -0.3 is 30.4 Å². The van der Waals surface area contributed by atoms with Gasteiger partial charge in [0.1, 0.15) is 17.9 Å². The SMILES string of the molecule is CCOCc1nc2c(N)nc3ccccc3c2n1CC1(O)CCN(C(=O)NC2=CC=CCC=C2)CC1. The summed E-state index contributed by atoms with van der Waals surface area (Å²) in [5.74, 6) is 1.06. The number of nitrogen functional groups attached to an aromatic ring is 1. The van der Waals surface area contributed by atoms with Crippen molar-refractivity contribution in [3.05, 3.63) is 66.2 Å². The van der Waals surface area contributed by atoms with Crippen LogP contribution in [0.1, 0.15) is 32.0 Å². The number of benzene rings is 1. The number of pyridine rings is 1. The summed E-state index contributed by atoms with van der Waals surface area (Å²) in [4.78, 5) is 23.9. The number of anilines is 1. The molecular weight excluding hydrogens is 456 g/mol. The molecule has 0 atom stereocenters. The largest absolute Gasteiger partial charge is 0.388 e. The molecule has 4 N–H and O–H groups in total. The third-order valence-electron chi connectivity index (χ3n) is 6.79. The van der Waals surface area contributed by atoms with Crippen LogP contribution in [0, 0.1) is 0 Å². The second-order valence-corrected chi connectivity index (χ2v) is 9.29. The predicted octanol–water partition coefficient (Wildman–Crippen LogP) is 3.64. The van der Waals surface area contributed by atoms with Gasteiger partial charge in [0.2, 0.25) is 0 Å². The van der Waals surface area contributed by atoms with E-state index in [2.05, 4.69) is 10.3 Å². The second-order valence-electron chi connectivity index (χ2n) is 9.29. The number of nitrogens with one attached hydrogen (secondary N) is 1. The number of piperidine rings is 1. The van der Waals surface area contributed by atoms with Gasteiger partial charge >= 0.3 is 6.03 Å². The van der Waals surface area contributed by atoms with E-state index in [4.69, 9.17) is 15.5 Å². The van der Waals surface area contributed by atoms with Gasteiger partial charge in [0.15, 0.2) is 5.82 Å². The second kappa shape index (κ2) is 10.1. The maximum absolute atomic E-state index is 12.8. The highest BCUT2D eigenvalue weighted by Gasteiger charge is 2.36. The quantitative estimate of drug-likeness (QED) is 0.488. The molecule has 1 aliphatic heterocycles. The Morgan fingerprint density at radius 3 is 2.83 bits per heavy atom. The molecule has 36 heavy (non-hydrogen) atoms. The first-order chi connectivity index (χ1) is 17.5. The van der Waals surface area contributed by atoms with Crippen LogP contribution in [0.25, 0.3) is 21.9 Å². The Labute approximate surface area is 209 Å². The molecule has 2 aromatic heterocycles. The van der Waals surface area contributed by atoms with Crippen LogP contribution in [-0.2, 0) is 17.9 Å². The van der Waals surface area contributed by atoms with Crippen LogP contribution in [0.4, 0.5) is 10.6 Å². The molecule has 188 valence electrons. The topological polar surface area (TPSA) is 119 Å². The number of carbonyl (C=O) groups excluding carboxylic acids is 1. The number of likely N-dealkylation sites (tertiary alicyclic amines) is 1. The molecule has 3 aromatic rings. The van der Waals surface area contributed by atoms with E-state index in [0.29, 0.717) is 62.8 Å². The number of nitrogens with zero attached hydrogens (tertiary/aromatic N) is 4. The Balaban J connectivity index is 1.39. The number of nitrogens with two attached hydrogens (primary N) is 1. The number of urea groups is 1. The molecule has 1 aliphatic carbocycles. The number of hydrogen-bond acceptors (Lipinski definition) is 6. The zero-order valence-corrected chi connectivity index (χ0v) is 20.5. The number of imidazole rings is 1. The van der Waals surface area contributed by atoms with Crippen molar-refractivity contribution in [3.8, 4) is 0 Å². The van der Waals surface area contributed by atoms with Crippen molar-refractivity contribution in [2.75, 3.05) is 25.4 Å². The highest BCUT2D eigenvalue weighted by Crippen LogP contribution is 2.32. The maximum Gasteiger partial charge on any atom is 0.321 e. The van der Waals surface area contributed by atoms with Crippen LogP contribution in [0.2, 0.25) is 0 Å². The third-order valence-corrected chi connectivity index (χ3v) is 6.79. The Morgan fingerprint density at radius 2 is 2.03 bits per heavy atom. The monoisotopic (exact) mass is 488 g/mol. The van der Waals surface area contributed by atoms with Crippen molar-refractivity contribution in [1.29, 1.82) is 0 Å². The fraction of sp³-hybridized carbons (Fsp3) is 0.370. The van der Waals surface area contributed by atoms with Gasteiger partial charge in [0, 0.05) is 30.8 Å². The van der Waals surface area contributed by atoms with Crippen LogP contribution in [-0.4, -0.2) is 55.9 Å². The van der Waals surface area contributed by atoms with E-state index in [1.807, 2.05) is 66.1 Å². The van der Waals surface area contributed by atoms with Gasteiger partial charge in [-0.15, -0.1) is 0 Å². The number of aromatic nitrogens is 3. The number of carbonyl (C=O) groups is 1. The van der Waals surface area contributed by atoms with E-state index in [1.165, 1.54) is 0 Å². The summed E-state index contributed by atoms with van der Waals surface area (Å²) in [7, 11) is 0. The lowest BCUT2D eigenvalue weighted by Crippen LogP contribution is -2.51. The van der Waals surface area contributed by atoms with Gasteiger partial charge in [0.05, 0.1) is 23.2 Å². The molecule has 0 radical (unpaired) electrons. The van der Waals surface area contributed by atoms with E-state index >= 15 is 0 Å². The molecule has 1 saturated heterocycles. The van der Waals surface area contributed by atoms with Gasteiger partial charge in [-0.25, -0.2) is 14.8 Å². The molecule has 0 spiro atoms. The molecule has 2 amide bonds. The van der Waals surface area contributed by atoms with Crippen molar-refractivity contribution >= 4 is 33.8 Å². The summed E-state index contributed by atoms with van der Waals surface area (Å²) >= 11 is 0. The van der Waals surface area contributed by atoms with Crippen molar-refractivity contribution in [3.63, 3.8) is 0 Å². The van der Waals surface area contributed by atoms with Gasteiger partial charge in [-0.2, -0.15) is 0 Å². The first kappa shape index (κ1) is 24.0. The summed E-state index contributed by atoms with van der Waals surface area (Å²) in [6.45, 7) is 4.02. The number of aliphatic hydroxyl groups is 1. The molecule has 1 fully saturated rings. The van der Waals surface area contributed by atoms with E-state index in [9.17, 15) is 9.90 Å². The minimum absolute atomic E-state index is 0.154. The molecular formula is C27H32N6O3. The number of ether oxygens (including phenoxy) is 1. The first-order valence-corrected chi connectivity index (χ1v) is 12.4. The zero-order chi connectivity index (χ0) is 25.1. The molecule has 3 heterocycles. The van der Waals surface area contributed by atoms with Gasteiger partial charge in [-0.05, 0) is 44.4 Å². The lowest BCUT2D eigenvalue weighted by molar-refractivity contribution is -0.0261. The number of hydrogen-bond donors (Lipinski definition) is 3. The van der Waals surface area contributed by atoms with Crippen LogP contribution in [0.5, 0.6) is 0 Å². The molecule has 0 unspecified atom stereocenters. The predicted molar refractivity (Wildman–Crippen MR) is 140 cm³/mol. The average molecular weight is 489 g/mol. The Morgan fingerprint density at radius 1 is 1.22 bits per heavy atom. The van der Waals surface area contributed by atoms with Gasteiger partial charge in [-0.3, -0.25) is 0 Å². The van der Waals surface area contributed by atoms with Crippen LogP contribution < -0.4 is 11.1 Å². The summed E-state index contributed by atoms with van der Waals surface area (Å²) in [5, 5.41) is 15.5. The number of rotatable bonds is 6. The number of para-hydroxylation sites is 1. The Kier molecular flexibility index (Phi) is 6.75. The van der Waals surface area contributed by atoms with E-state index in [1.54, 1.807) is 4.90 Å². The Bertz CT molecular complexity index is 1360. The minimum Gasteiger partial charge on any atom is -0.388 e. The van der Waals surface area contributed by atoms with Gasteiger partial charge in [0.25, 0.3) is 0 Å². The minimum atomic E-state index is -1.01. The van der Waals surface area contributed by atoms with Crippen molar-refractivity contribution in [2.45, 2.75) is 44.9 Å². The van der Waals surface area contributed by atoms with Crippen LogP contribution in [0.15, 0.2) is 60.3 Å². The molecule has 9 heteroatoms. The van der Waals surface area contributed by atoms with Crippen molar-refractivity contribution in [1.82, 2.24) is 24.8 Å². The van der Waals surface area contributed by atoms with E-state index < -0.39 is 5.60 Å². The average Bonchev–Trinajstić information content (AvgIpc) is 3.03. The standard InChI is InChI=1S/C27H32N6O3/c1-2-36-17-22-31-23-24(20-11-7-8-12-21(20)30-25(23)28)33(22)18-27(35)13-15-32(16-14-27)26(34)29-19-9-5-3-4-6-10-19/h3,5-12,35H,2,4,13-18H2,1H3,(H2,28,30)(H,29,34). The first-order valence-electron chi connectivity index (χ1n) is 12.4. The lowest BCUT2D eigenvalue weighted by atomic mass is 9.91. The molecule has 2 aliphatic rings. The molecule has 9 nitrogen and oxygen atoms in total. The van der Waals surface area contributed by atoms with Crippen molar-refractivity contribution < 1.29 is 14.6 Å². The smallest absolute Gasteiger partial charge is 0.321 e.